The molecule has 0 spiro atoms. The molecule has 1 aliphatic rings. The van der Waals surface area contributed by atoms with Crippen molar-refractivity contribution in [2.24, 2.45) is 0 Å². The lowest BCUT2D eigenvalue weighted by Gasteiger charge is -2.17. The summed E-state index contributed by atoms with van der Waals surface area (Å²) in [7, 11) is 0. The minimum Gasteiger partial charge on any atom is -0.471 e. The van der Waals surface area contributed by atoms with Gasteiger partial charge < -0.3 is 14.4 Å². The van der Waals surface area contributed by atoms with E-state index in [2.05, 4.69) is 8.75 Å². The van der Waals surface area contributed by atoms with Crippen molar-refractivity contribution in [1.29, 1.82) is 0 Å². The molecule has 0 bridgehead atoms. The summed E-state index contributed by atoms with van der Waals surface area (Å²) in [6.45, 7) is 1.11. The van der Waals surface area contributed by atoms with E-state index in [0.29, 0.717) is 36.0 Å². The number of aromatic nitrogens is 2. The Morgan fingerprint density at radius 1 is 1.19 bits per heavy atom. The van der Waals surface area contributed by atoms with Crippen molar-refractivity contribution < 1.29 is 18.7 Å². The van der Waals surface area contributed by atoms with E-state index in [4.69, 9.17) is 9.47 Å². The van der Waals surface area contributed by atoms with E-state index in [1.807, 2.05) is 0 Å². The summed E-state index contributed by atoms with van der Waals surface area (Å²) in [6.07, 6.45) is 2.23. The van der Waals surface area contributed by atoms with Gasteiger partial charge in [0, 0.05) is 18.5 Å². The maximum atomic E-state index is 13.0. The van der Waals surface area contributed by atoms with Gasteiger partial charge in [-0.05, 0) is 42.5 Å². The summed E-state index contributed by atoms with van der Waals surface area (Å²) in [5.74, 6) is 1.11. The number of carbonyl (C=O) groups is 1. The van der Waals surface area contributed by atoms with Crippen molar-refractivity contribution in [3.8, 4) is 17.4 Å². The van der Waals surface area contributed by atoms with Gasteiger partial charge in [0.25, 0.3) is 5.91 Å². The molecule has 3 aromatic rings. The number of hydrogen-bond acceptors (Lipinski definition) is 6. The first-order chi connectivity index (χ1) is 13.2. The van der Waals surface area contributed by atoms with Crippen LogP contribution in [0.15, 0.2) is 54.7 Å². The first kappa shape index (κ1) is 17.4. The molecular formula is C19H16FN3O3S. The molecule has 138 valence electrons. The van der Waals surface area contributed by atoms with Crippen LogP contribution in [0.5, 0.6) is 17.4 Å². The quantitative estimate of drug-likeness (QED) is 0.669. The lowest BCUT2D eigenvalue weighted by Crippen LogP contribution is -2.30. The van der Waals surface area contributed by atoms with E-state index >= 15 is 0 Å². The topological polar surface area (TPSA) is 64.5 Å². The predicted molar refractivity (Wildman–Crippen MR) is 97.8 cm³/mol. The monoisotopic (exact) mass is 385 g/mol. The van der Waals surface area contributed by atoms with Crippen LogP contribution in [0.1, 0.15) is 16.8 Å². The fourth-order valence-corrected chi connectivity index (χ4v) is 3.26. The fourth-order valence-electron chi connectivity index (χ4n) is 2.90. The molecule has 1 aromatic heterocycles. The molecule has 1 unspecified atom stereocenters. The average Bonchev–Trinajstić information content (AvgIpc) is 3.36. The third kappa shape index (κ3) is 4.22. The number of ether oxygens (including phenoxy) is 2. The van der Waals surface area contributed by atoms with Crippen molar-refractivity contribution in [2.45, 2.75) is 12.5 Å². The first-order valence-corrected chi connectivity index (χ1v) is 9.17. The summed E-state index contributed by atoms with van der Waals surface area (Å²) in [5, 5.41) is 0. The van der Waals surface area contributed by atoms with Gasteiger partial charge in [-0.3, -0.25) is 4.79 Å². The molecule has 6 nitrogen and oxygen atoms in total. The lowest BCUT2D eigenvalue weighted by molar-refractivity contribution is 0.0771. The zero-order chi connectivity index (χ0) is 18.6. The highest BCUT2D eigenvalue weighted by molar-refractivity contribution is 6.99. The summed E-state index contributed by atoms with van der Waals surface area (Å²) in [4.78, 5) is 14.5. The lowest BCUT2D eigenvalue weighted by atomic mass is 10.2. The number of benzene rings is 2. The van der Waals surface area contributed by atoms with E-state index < -0.39 is 0 Å². The van der Waals surface area contributed by atoms with Gasteiger partial charge in [-0.15, -0.1) is 4.37 Å². The molecule has 0 saturated carbocycles. The Bertz CT molecular complexity index is 918. The molecule has 2 heterocycles. The van der Waals surface area contributed by atoms with Gasteiger partial charge in [-0.25, -0.2) is 4.39 Å². The fraction of sp³-hybridized carbons (Fsp3) is 0.211. The Hall–Kier alpha value is -3.00. The van der Waals surface area contributed by atoms with Gasteiger partial charge in [-0.1, -0.05) is 6.07 Å². The molecule has 1 aliphatic heterocycles. The van der Waals surface area contributed by atoms with Crippen LogP contribution in [-0.2, 0) is 0 Å². The van der Waals surface area contributed by atoms with Crippen molar-refractivity contribution >= 4 is 17.6 Å². The second-order valence-corrected chi connectivity index (χ2v) is 6.67. The molecule has 0 aliphatic carbocycles. The second-order valence-electron chi connectivity index (χ2n) is 6.11. The second kappa shape index (κ2) is 7.71. The molecule has 27 heavy (non-hydrogen) atoms. The van der Waals surface area contributed by atoms with Crippen LogP contribution in [0.2, 0.25) is 0 Å². The highest BCUT2D eigenvalue weighted by Gasteiger charge is 2.29. The number of halogens is 1. The summed E-state index contributed by atoms with van der Waals surface area (Å²) >= 11 is 1.09. The van der Waals surface area contributed by atoms with E-state index in [1.165, 1.54) is 12.1 Å². The normalized spacial score (nSPS) is 16.3. The smallest absolute Gasteiger partial charge is 0.254 e. The van der Waals surface area contributed by atoms with Crippen LogP contribution < -0.4 is 9.47 Å². The standard InChI is InChI=1S/C19H16FN3O3S/c20-14-4-6-15(7-5-14)25-16-3-1-2-13(10-16)19(24)23-9-8-17(12-23)26-18-11-21-27-22-18/h1-7,10-11,17H,8-9,12H2. The predicted octanol–water partition coefficient (Wildman–Crippen LogP) is 3.76. The van der Waals surface area contributed by atoms with Gasteiger partial charge in [0.2, 0.25) is 5.88 Å². The zero-order valence-corrected chi connectivity index (χ0v) is 15.1. The molecule has 4 rings (SSSR count). The largest absolute Gasteiger partial charge is 0.471 e. The molecule has 0 N–H and O–H groups in total. The Morgan fingerprint density at radius 3 is 2.81 bits per heavy atom. The van der Waals surface area contributed by atoms with E-state index in [-0.39, 0.29) is 17.8 Å². The van der Waals surface area contributed by atoms with Gasteiger partial charge in [0.15, 0.2) is 0 Å². The van der Waals surface area contributed by atoms with Gasteiger partial charge in [0.05, 0.1) is 18.3 Å². The Balaban J connectivity index is 1.41. The van der Waals surface area contributed by atoms with Crippen LogP contribution >= 0.6 is 11.7 Å². The minimum absolute atomic E-state index is 0.0814. The molecule has 0 radical (unpaired) electrons. The molecule has 1 fully saturated rings. The number of rotatable bonds is 5. The van der Waals surface area contributed by atoms with Crippen molar-refractivity contribution in [2.75, 3.05) is 13.1 Å². The number of likely N-dealkylation sites (tertiary alicyclic amines) is 1. The average molecular weight is 385 g/mol. The van der Waals surface area contributed by atoms with E-state index in [1.54, 1.807) is 47.5 Å². The zero-order valence-electron chi connectivity index (χ0n) is 14.2. The van der Waals surface area contributed by atoms with Crippen molar-refractivity contribution in [3.05, 3.63) is 66.1 Å². The van der Waals surface area contributed by atoms with Crippen LogP contribution in [0.4, 0.5) is 4.39 Å². The molecular weight excluding hydrogens is 369 g/mol. The van der Waals surface area contributed by atoms with Crippen molar-refractivity contribution in [1.82, 2.24) is 13.6 Å². The molecule has 2 aromatic carbocycles. The molecule has 1 saturated heterocycles. The Morgan fingerprint density at radius 2 is 2.04 bits per heavy atom. The van der Waals surface area contributed by atoms with Crippen LogP contribution in [-0.4, -0.2) is 38.7 Å². The third-order valence-electron chi connectivity index (χ3n) is 4.19. The van der Waals surface area contributed by atoms with Crippen LogP contribution in [0.25, 0.3) is 0 Å². The van der Waals surface area contributed by atoms with Crippen LogP contribution in [0.3, 0.4) is 0 Å². The maximum Gasteiger partial charge on any atom is 0.254 e. The summed E-state index contributed by atoms with van der Waals surface area (Å²) in [5.41, 5.74) is 0.533. The highest BCUT2D eigenvalue weighted by Crippen LogP contribution is 2.24. The number of carbonyl (C=O) groups excluding carboxylic acids is 1. The first-order valence-electron chi connectivity index (χ1n) is 8.44. The molecule has 8 heteroatoms. The van der Waals surface area contributed by atoms with E-state index in [9.17, 15) is 9.18 Å². The number of hydrogen-bond donors (Lipinski definition) is 0. The van der Waals surface area contributed by atoms with Crippen LogP contribution in [0, 0.1) is 5.82 Å². The van der Waals surface area contributed by atoms with Gasteiger partial charge in [-0.2, -0.15) is 4.37 Å². The highest BCUT2D eigenvalue weighted by atomic mass is 32.1. The Kier molecular flexibility index (Phi) is 4.97. The van der Waals surface area contributed by atoms with Gasteiger partial charge >= 0.3 is 0 Å². The molecule has 1 amide bonds. The Labute approximate surface area is 159 Å². The molecule has 1 atom stereocenters. The van der Waals surface area contributed by atoms with E-state index in [0.717, 1.165) is 18.1 Å². The maximum absolute atomic E-state index is 13.0. The summed E-state index contributed by atoms with van der Waals surface area (Å²) < 4.78 is 32.4. The van der Waals surface area contributed by atoms with Gasteiger partial charge in [0.1, 0.15) is 29.6 Å². The summed E-state index contributed by atoms with van der Waals surface area (Å²) in [6, 6.07) is 12.7. The van der Waals surface area contributed by atoms with Crippen molar-refractivity contribution in [3.63, 3.8) is 0 Å². The number of amides is 1. The third-order valence-corrected chi connectivity index (χ3v) is 4.65. The minimum atomic E-state index is -0.328. The number of nitrogens with zero attached hydrogens (tertiary/aromatic N) is 3. The SMILES string of the molecule is O=C(c1cccc(Oc2ccc(F)cc2)c1)N1CCC(Oc2cnsn2)C1.